The summed E-state index contributed by atoms with van der Waals surface area (Å²) in [6.07, 6.45) is 5.40. The molecule has 0 aliphatic carbocycles. The first kappa shape index (κ1) is 19.2. The quantitative estimate of drug-likeness (QED) is 0.445. The summed E-state index contributed by atoms with van der Waals surface area (Å²) in [5.74, 6) is 0. The van der Waals surface area contributed by atoms with Crippen molar-refractivity contribution < 1.29 is 34.4 Å². The van der Waals surface area contributed by atoms with Gasteiger partial charge in [-0.15, -0.1) is 0 Å². The van der Waals surface area contributed by atoms with E-state index in [0.29, 0.717) is 6.42 Å². The van der Waals surface area contributed by atoms with Gasteiger partial charge in [-0.1, -0.05) is 18.1 Å². The van der Waals surface area contributed by atoms with Crippen LogP contribution in [0.15, 0.2) is 11.6 Å². The molecule has 2 N–H and O–H groups in total. The van der Waals surface area contributed by atoms with Crippen LogP contribution < -0.4 is 0 Å². The molecule has 0 aromatic rings. The van der Waals surface area contributed by atoms with Crippen LogP contribution in [0.5, 0.6) is 0 Å². The molecule has 0 aromatic carbocycles. The summed E-state index contributed by atoms with van der Waals surface area (Å²) in [6, 6.07) is 0. The fraction of sp³-hybridized carbons (Fsp3) is 0.833. The number of unbranched alkanes of at least 4 members (excludes halogenated alkanes) is 2. The molecule has 1 atom stereocenters. The van der Waals surface area contributed by atoms with E-state index in [-0.39, 0.29) is 0 Å². The monoisotopic (exact) mass is 334 g/mol. The number of aliphatic hydroxyl groups excluding tert-OH is 1. The first-order valence-electron chi connectivity index (χ1n) is 5.66. The Bertz CT molecular complexity index is 246. The Balaban J connectivity index is 0. The molecule has 0 unspecified atom stereocenters. The van der Waals surface area contributed by atoms with E-state index in [2.05, 4.69) is 19.9 Å². The maximum absolute atomic E-state index is 9.53. The van der Waals surface area contributed by atoms with Gasteiger partial charge in [0.15, 0.2) is 0 Å². The molecule has 17 heavy (non-hydrogen) atoms. The number of hydrogen-bond acceptors (Lipinski definition) is 4. The zero-order chi connectivity index (χ0) is 13.9. The van der Waals surface area contributed by atoms with Crippen molar-refractivity contribution in [2.75, 3.05) is 0 Å². The molecular formula is C12H24O4Ru. The van der Waals surface area contributed by atoms with Gasteiger partial charge in [-0.2, -0.15) is 0 Å². The van der Waals surface area contributed by atoms with Gasteiger partial charge in [0.2, 0.25) is 0 Å². The normalized spacial score (nSPS) is 12.4. The predicted octanol–water partition coefficient (Wildman–Crippen LogP) is 2.40. The summed E-state index contributed by atoms with van der Waals surface area (Å²) in [7, 11) is 0. The molecule has 0 saturated heterocycles. The molecular weight excluding hydrogens is 309 g/mol. The van der Waals surface area contributed by atoms with E-state index in [9.17, 15) is 10.2 Å². The molecule has 0 spiro atoms. The van der Waals surface area contributed by atoms with Gasteiger partial charge >= 0.3 is 24.2 Å². The third-order valence-electron chi connectivity index (χ3n) is 2.30. The molecule has 0 aliphatic rings. The average Bonchev–Trinajstić information content (AvgIpc) is 2.16. The third-order valence-corrected chi connectivity index (χ3v) is 2.30. The summed E-state index contributed by atoms with van der Waals surface area (Å²) in [5, 5.41) is 19.0. The van der Waals surface area contributed by atoms with Crippen LogP contribution >= 0.6 is 0 Å². The van der Waals surface area contributed by atoms with Crippen LogP contribution in [-0.2, 0) is 24.2 Å². The van der Waals surface area contributed by atoms with Crippen molar-refractivity contribution >= 4 is 0 Å². The standard InChI is InChI=1S/C12H24O2.2O.Ru/c1-10(2)8-6-5-7-9-11(13)12(3,4)14;;;/h8,11,13-14H,5-7,9H2,1-4H3;;;/t11-;;;/m1.../s1. The first-order chi connectivity index (χ1) is 7.75. The second kappa shape index (κ2) is 11.0. The molecule has 0 fully saturated rings. The molecule has 0 saturated carbocycles. The van der Waals surface area contributed by atoms with E-state index >= 15 is 0 Å². The zero-order valence-corrected chi connectivity index (χ0v) is 12.8. The Morgan fingerprint density at radius 1 is 1.29 bits per heavy atom. The van der Waals surface area contributed by atoms with Crippen molar-refractivity contribution in [2.24, 2.45) is 0 Å². The molecule has 0 rings (SSSR count). The van der Waals surface area contributed by atoms with Crippen molar-refractivity contribution in [1.29, 1.82) is 0 Å². The number of rotatable bonds is 6. The summed E-state index contributed by atoms with van der Waals surface area (Å²) >= 11 is -1.79. The molecule has 0 amide bonds. The van der Waals surface area contributed by atoms with Gasteiger partial charge in [-0.25, -0.2) is 0 Å². The minimum absolute atomic E-state index is 0.603. The fourth-order valence-electron chi connectivity index (χ4n) is 1.23. The fourth-order valence-corrected chi connectivity index (χ4v) is 1.23. The second-order valence-electron chi connectivity index (χ2n) is 4.79. The summed E-state index contributed by atoms with van der Waals surface area (Å²) in [4.78, 5) is 0. The van der Waals surface area contributed by atoms with Crippen molar-refractivity contribution in [3.05, 3.63) is 11.6 Å². The van der Waals surface area contributed by atoms with E-state index in [1.54, 1.807) is 13.8 Å². The van der Waals surface area contributed by atoms with E-state index in [0.717, 1.165) is 19.3 Å². The summed E-state index contributed by atoms with van der Waals surface area (Å²) in [5.41, 5.74) is 0.379. The molecule has 5 heteroatoms. The molecule has 0 radical (unpaired) electrons. The Morgan fingerprint density at radius 3 is 2.12 bits per heavy atom. The topological polar surface area (TPSA) is 74.6 Å². The molecule has 0 heterocycles. The maximum atomic E-state index is 9.53. The Hall–Kier alpha value is -0.117. The van der Waals surface area contributed by atoms with E-state index in [1.165, 1.54) is 5.57 Å². The Labute approximate surface area is 111 Å². The summed E-state index contributed by atoms with van der Waals surface area (Å²) < 4.78 is 16.9. The van der Waals surface area contributed by atoms with Gasteiger partial charge in [0.1, 0.15) is 0 Å². The zero-order valence-electron chi connectivity index (χ0n) is 11.0. The van der Waals surface area contributed by atoms with Crippen LogP contribution in [0.2, 0.25) is 0 Å². The van der Waals surface area contributed by atoms with Gasteiger partial charge in [0.25, 0.3) is 0 Å². The molecule has 4 nitrogen and oxygen atoms in total. The number of allylic oxidation sites excluding steroid dienone is 2. The first-order valence-corrected chi connectivity index (χ1v) is 7.08. The van der Waals surface area contributed by atoms with Gasteiger partial charge in [-0.3, -0.25) is 0 Å². The number of aliphatic hydroxyl groups is 2. The van der Waals surface area contributed by atoms with Crippen LogP contribution in [0.1, 0.15) is 53.4 Å². The van der Waals surface area contributed by atoms with E-state index in [4.69, 9.17) is 7.15 Å². The van der Waals surface area contributed by atoms with Crippen molar-refractivity contribution in [3.63, 3.8) is 0 Å². The Morgan fingerprint density at radius 2 is 1.76 bits per heavy atom. The van der Waals surface area contributed by atoms with Crippen LogP contribution in [0.3, 0.4) is 0 Å². The molecule has 0 aromatic heterocycles. The molecule has 0 bridgehead atoms. The van der Waals surface area contributed by atoms with Crippen LogP contribution in [-0.4, -0.2) is 21.9 Å². The van der Waals surface area contributed by atoms with Crippen LogP contribution in [0.4, 0.5) is 0 Å². The van der Waals surface area contributed by atoms with E-state index < -0.39 is 28.7 Å². The second-order valence-corrected chi connectivity index (χ2v) is 5.08. The number of hydrogen-bond donors (Lipinski definition) is 2. The average molecular weight is 333 g/mol. The third kappa shape index (κ3) is 15.9. The SMILES string of the molecule is CC(C)=CCCCC[C@@H](O)C(C)(C)O.[O]=[Ru]=[O]. The van der Waals surface area contributed by atoms with Gasteiger partial charge < -0.3 is 10.2 Å². The van der Waals surface area contributed by atoms with Gasteiger partial charge in [-0.05, 0) is 47.0 Å². The van der Waals surface area contributed by atoms with Crippen LogP contribution in [0.25, 0.3) is 0 Å². The molecule has 0 aliphatic heterocycles. The van der Waals surface area contributed by atoms with Gasteiger partial charge in [0, 0.05) is 0 Å². The predicted molar refractivity (Wildman–Crippen MR) is 61.6 cm³/mol. The Kier molecular flexibility index (Phi) is 12.4. The van der Waals surface area contributed by atoms with Crippen LogP contribution in [0, 0.1) is 0 Å². The van der Waals surface area contributed by atoms with E-state index in [1.807, 2.05) is 0 Å². The minimum atomic E-state index is -1.79. The van der Waals surface area contributed by atoms with Crippen molar-refractivity contribution in [2.45, 2.75) is 65.1 Å². The van der Waals surface area contributed by atoms with Gasteiger partial charge in [0.05, 0.1) is 11.7 Å². The summed E-state index contributed by atoms with van der Waals surface area (Å²) in [6.45, 7) is 7.47. The van der Waals surface area contributed by atoms with Crippen molar-refractivity contribution in [3.8, 4) is 0 Å². The van der Waals surface area contributed by atoms with Crippen molar-refractivity contribution in [1.82, 2.24) is 0 Å². The molecule has 104 valence electrons.